The van der Waals surface area contributed by atoms with Gasteiger partial charge in [-0.3, -0.25) is 10.1 Å². The number of nitrogens with one attached hydrogen (secondary N) is 2. The Morgan fingerprint density at radius 2 is 2.19 bits per heavy atom. The highest BCUT2D eigenvalue weighted by molar-refractivity contribution is 5.93. The number of terminal acetylenes is 1. The van der Waals surface area contributed by atoms with Gasteiger partial charge in [-0.25, -0.2) is 0 Å². The minimum atomic E-state index is -0.0797. The lowest BCUT2D eigenvalue weighted by Gasteiger charge is -2.10. The van der Waals surface area contributed by atoms with Crippen LogP contribution < -0.4 is 10.6 Å². The number of carbonyl (C=O) groups is 1. The van der Waals surface area contributed by atoms with Crippen molar-refractivity contribution in [2.75, 3.05) is 18.4 Å². The number of hydrogen-bond donors (Lipinski definition) is 2. The lowest BCUT2D eigenvalue weighted by molar-refractivity contribution is -0.115. The molecule has 0 atom stereocenters. The molecule has 84 valence electrons. The Labute approximate surface area is 96.2 Å². The molecule has 0 bridgehead atoms. The summed E-state index contributed by atoms with van der Waals surface area (Å²) in [6.45, 7) is 4.64. The van der Waals surface area contributed by atoms with Crippen LogP contribution in [0.5, 0.6) is 0 Å². The van der Waals surface area contributed by atoms with E-state index >= 15 is 0 Å². The number of rotatable bonds is 4. The minimum absolute atomic E-state index is 0.0797. The van der Waals surface area contributed by atoms with Crippen LogP contribution in [0.3, 0.4) is 0 Å². The number of hydrogen-bond acceptors (Lipinski definition) is 2. The molecular weight excluding hydrogens is 200 g/mol. The molecule has 0 aliphatic rings. The smallest absolute Gasteiger partial charge is 0.238 e. The molecule has 0 saturated heterocycles. The van der Waals surface area contributed by atoms with Crippen LogP contribution in [0.4, 0.5) is 5.69 Å². The van der Waals surface area contributed by atoms with Gasteiger partial charge in [-0.05, 0) is 31.0 Å². The summed E-state index contributed by atoms with van der Waals surface area (Å²) in [4.78, 5) is 11.5. The fourth-order valence-electron chi connectivity index (χ4n) is 1.33. The van der Waals surface area contributed by atoms with Gasteiger partial charge in [0.05, 0.1) is 13.1 Å². The van der Waals surface area contributed by atoms with E-state index in [1.54, 1.807) is 0 Å². The summed E-state index contributed by atoms with van der Waals surface area (Å²) in [5, 5.41) is 5.68. The molecule has 16 heavy (non-hydrogen) atoms. The number of amides is 1. The first-order chi connectivity index (χ1) is 7.65. The molecule has 0 aliphatic heterocycles. The molecule has 2 N–H and O–H groups in total. The maximum atomic E-state index is 11.5. The molecule has 0 spiro atoms. The number of benzene rings is 1. The Bertz CT molecular complexity index is 418. The molecule has 1 rings (SSSR count). The van der Waals surface area contributed by atoms with E-state index in [1.165, 1.54) is 0 Å². The highest BCUT2D eigenvalue weighted by atomic mass is 16.1. The zero-order chi connectivity index (χ0) is 12.0. The monoisotopic (exact) mass is 216 g/mol. The normalized spacial score (nSPS) is 9.56. The molecular formula is C13H16N2O. The van der Waals surface area contributed by atoms with E-state index in [0.717, 1.165) is 16.8 Å². The van der Waals surface area contributed by atoms with Crippen LogP contribution in [0.2, 0.25) is 0 Å². The number of aryl methyl sites for hydroxylation is 1. The van der Waals surface area contributed by atoms with Crippen LogP contribution in [-0.2, 0) is 4.79 Å². The predicted molar refractivity (Wildman–Crippen MR) is 66.2 cm³/mol. The Hall–Kier alpha value is -1.79. The van der Waals surface area contributed by atoms with E-state index in [-0.39, 0.29) is 12.5 Å². The van der Waals surface area contributed by atoms with E-state index in [1.807, 2.05) is 32.0 Å². The highest BCUT2D eigenvalue weighted by Gasteiger charge is 2.04. The fraction of sp³-hybridized carbons (Fsp3) is 0.308. The topological polar surface area (TPSA) is 41.1 Å². The molecule has 1 aromatic rings. The Kier molecular flexibility index (Phi) is 4.56. The Balaban J connectivity index is 2.57. The van der Waals surface area contributed by atoms with Gasteiger partial charge in [0.2, 0.25) is 5.91 Å². The van der Waals surface area contributed by atoms with Gasteiger partial charge < -0.3 is 5.32 Å². The lowest BCUT2D eigenvalue weighted by Crippen LogP contribution is -2.28. The molecule has 0 fully saturated rings. The average Bonchev–Trinajstić information content (AvgIpc) is 2.25. The zero-order valence-corrected chi connectivity index (χ0v) is 9.63. The molecule has 1 amide bonds. The second kappa shape index (κ2) is 5.94. The summed E-state index contributed by atoms with van der Waals surface area (Å²) >= 11 is 0. The molecule has 0 unspecified atom stereocenters. The summed E-state index contributed by atoms with van der Waals surface area (Å²) in [6, 6.07) is 5.83. The molecule has 0 aliphatic carbocycles. The first-order valence-electron chi connectivity index (χ1n) is 5.15. The quantitative estimate of drug-likeness (QED) is 0.591. The van der Waals surface area contributed by atoms with Gasteiger partial charge in [0, 0.05) is 5.69 Å². The van der Waals surface area contributed by atoms with Gasteiger partial charge in [-0.1, -0.05) is 18.1 Å². The third-order valence-electron chi connectivity index (χ3n) is 2.39. The lowest BCUT2D eigenvalue weighted by atomic mass is 10.1. The fourth-order valence-corrected chi connectivity index (χ4v) is 1.33. The van der Waals surface area contributed by atoms with E-state index in [9.17, 15) is 4.79 Å². The summed E-state index contributed by atoms with van der Waals surface area (Å²) in [6.07, 6.45) is 5.07. The largest absolute Gasteiger partial charge is 0.325 e. The third-order valence-corrected chi connectivity index (χ3v) is 2.39. The van der Waals surface area contributed by atoms with E-state index in [2.05, 4.69) is 16.6 Å². The van der Waals surface area contributed by atoms with Crippen molar-refractivity contribution in [3.05, 3.63) is 29.3 Å². The van der Waals surface area contributed by atoms with Crippen LogP contribution in [0.15, 0.2) is 18.2 Å². The van der Waals surface area contributed by atoms with Crippen LogP contribution in [0.1, 0.15) is 11.1 Å². The second-order valence-electron chi connectivity index (χ2n) is 3.60. The van der Waals surface area contributed by atoms with Crippen molar-refractivity contribution in [2.24, 2.45) is 0 Å². The van der Waals surface area contributed by atoms with Crippen molar-refractivity contribution in [1.82, 2.24) is 5.32 Å². The van der Waals surface area contributed by atoms with Gasteiger partial charge in [0.15, 0.2) is 0 Å². The molecule has 0 saturated carbocycles. The number of anilines is 1. The molecule has 1 aromatic carbocycles. The maximum absolute atomic E-state index is 11.5. The second-order valence-corrected chi connectivity index (χ2v) is 3.60. The van der Waals surface area contributed by atoms with Crippen LogP contribution in [-0.4, -0.2) is 19.0 Å². The van der Waals surface area contributed by atoms with E-state index in [0.29, 0.717) is 6.54 Å². The Morgan fingerprint density at radius 1 is 1.44 bits per heavy atom. The van der Waals surface area contributed by atoms with E-state index < -0.39 is 0 Å². The van der Waals surface area contributed by atoms with Crippen LogP contribution >= 0.6 is 0 Å². The molecule has 0 aromatic heterocycles. The van der Waals surface area contributed by atoms with Gasteiger partial charge in [-0.2, -0.15) is 0 Å². The van der Waals surface area contributed by atoms with Crippen LogP contribution in [0, 0.1) is 26.2 Å². The van der Waals surface area contributed by atoms with Crippen molar-refractivity contribution >= 4 is 11.6 Å². The SMILES string of the molecule is C#CCNCC(=O)Nc1cccc(C)c1C. The van der Waals surface area contributed by atoms with Gasteiger partial charge >= 0.3 is 0 Å². The van der Waals surface area contributed by atoms with Crippen molar-refractivity contribution in [3.8, 4) is 12.3 Å². The van der Waals surface area contributed by atoms with Crippen molar-refractivity contribution in [1.29, 1.82) is 0 Å². The minimum Gasteiger partial charge on any atom is -0.325 e. The number of carbonyl (C=O) groups excluding carboxylic acids is 1. The molecule has 0 heterocycles. The third kappa shape index (κ3) is 3.41. The Morgan fingerprint density at radius 3 is 2.88 bits per heavy atom. The molecule has 0 radical (unpaired) electrons. The van der Waals surface area contributed by atoms with E-state index in [4.69, 9.17) is 6.42 Å². The molecule has 3 heteroatoms. The van der Waals surface area contributed by atoms with Gasteiger partial charge in [0.1, 0.15) is 0 Å². The van der Waals surface area contributed by atoms with Gasteiger partial charge in [-0.15, -0.1) is 6.42 Å². The maximum Gasteiger partial charge on any atom is 0.238 e. The zero-order valence-electron chi connectivity index (χ0n) is 9.63. The average molecular weight is 216 g/mol. The summed E-state index contributed by atoms with van der Waals surface area (Å²) in [5.41, 5.74) is 3.11. The molecule has 3 nitrogen and oxygen atoms in total. The van der Waals surface area contributed by atoms with Gasteiger partial charge in [0.25, 0.3) is 0 Å². The first-order valence-corrected chi connectivity index (χ1v) is 5.15. The standard InChI is InChI=1S/C13H16N2O/c1-4-8-14-9-13(16)15-12-7-5-6-10(2)11(12)3/h1,5-7,14H,8-9H2,2-3H3,(H,15,16). The summed E-state index contributed by atoms with van der Waals surface area (Å²) in [7, 11) is 0. The highest BCUT2D eigenvalue weighted by Crippen LogP contribution is 2.17. The van der Waals surface area contributed by atoms with Crippen molar-refractivity contribution in [3.63, 3.8) is 0 Å². The van der Waals surface area contributed by atoms with Crippen molar-refractivity contribution in [2.45, 2.75) is 13.8 Å². The summed E-state index contributed by atoms with van der Waals surface area (Å²) < 4.78 is 0. The first kappa shape index (κ1) is 12.3. The predicted octanol–water partition coefficient (Wildman–Crippen LogP) is 1.46. The van der Waals surface area contributed by atoms with Crippen molar-refractivity contribution < 1.29 is 4.79 Å². The summed E-state index contributed by atoms with van der Waals surface area (Å²) in [5.74, 6) is 2.34. The van der Waals surface area contributed by atoms with Crippen LogP contribution in [0.25, 0.3) is 0 Å².